The van der Waals surface area contributed by atoms with E-state index in [0.29, 0.717) is 12.0 Å². The van der Waals surface area contributed by atoms with Crippen LogP contribution in [0.4, 0.5) is 0 Å². The lowest BCUT2D eigenvalue weighted by Gasteiger charge is -2.73. The number of benzene rings is 1. The van der Waals surface area contributed by atoms with Crippen molar-refractivity contribution in [2.75, 3.05) is 6.61 Å². The van der Waals surface area contributed by atoms with E-state index in [4.69, 9.17) is 35.3 Å². The van der Waals surface area contributed by atoms with Gasteiger partial charge < -0.3 is 49.2 Å². The van der Waals surface area contributed by atoms with Crippen LogP contribution in [0.2, 0.25) is 0 Å². The van der Waals surface area contributed by atoms with Crippen LogP contribution in [-0.2, 0) is 34.5 Å². The number of halogens is 1. The van der Waals surface area contributed by atoms with E-state index in [9.17, 15) is 30.3 Å². The third-order valence-corrected chi connectivity index (χ3v) is 13.6. The lowest BCUT2D eigenvalue weighted by molar-refractivity contribution is -0.583. The molecule has 0 radical (unpaired) electrons. The van der Waals surface area contributed by atoms with Crippen molar-refractivity contribution < 1.29 is 54.0 Å². The molecule has 5 N–H and O–H groups in total. The van der Waals surface area contributed by atoms with E-state index in [-0.39, 0.29) is 23.5 Å². The van der Waals surface area contributed by atoms with Gasteiger partial charge in [0.05, 0.1) is 24.0 Å². The van der Waals surface area contributed by atoms with Crippen molar-refractivity contribution in [3.05, 3.63) is 58.7 Å². The van der Waals surface area contributed by atoms with E-state index in [1.807, 2.05) is 13.0 Å². The Morgan fingerprint density at radius 1 is 0.940 bits per heavy atom. The van der Waals surface area contributed by atoms with E-state index in [2.05, 4.69) is 6.92 Å². The fourth-order valence-electron chi connectivity index (χ4n) is 10.7. The van der Waals surface area contributed by atoms with Crippen LogP contribution < -0.4 is 0 Å². The average molecular weight is 717 g/mol. The van der Waals surface area contributed by atoms with Crippen LogP contribution in [0, 0.1) is 23.7 Å². The highest BCUT2D eigenvalue weighted by Crippen LogP contribution is 2.74. The molecule has 8 aliphatic rings. The lowest BCUT2D eigenvalue weighted by atomic mass is 9.50. The molecule has 0 aromatic heterocycles. The van der Waals surface area contributed by atoms with Crippen molar-refractivity contribution in [2.45, 2.75) is 137 Å². The third kappa shape index (κ3) is 4.33. The first-order chi connectivity index (χ1) is 23.7. The summed E-state index contributed by atoms with van der Waals surface area (Å²) in [6, 6.07) is 8.97. The SMILES string of the molecule is CC1CCCCCCC(C)C(=O)O[C@H]2/C(=C/Cl)C=C3[C@]2(O)[C@H](O)[C@@]2(CO)O[C@H]2[C@H]2[C@H]4OC5(c6ccccc6)O[C@@H]([C@@H](C)[C@]32O5)[C@@]4(O)C(C)(O)C1. The molecule has 4 unspecified atom stereocenters. The second-order valence-corrected chi connectivity index (χ2v) is 16.6. The smallest absolute Gasteiger partial charge is 0.313 e. The van der Waals surface area contributed by atoms with Crippen molar-refractivity contribution >= 4 is 17.6 Å². The normalized spacial score (nSPS) is 53.6. The number of epoxide rings is 1. The molecule has 1 spiro atoms. The predicted octanol–water partition coefficient (Wildman–Crippen LogP) is 3.32. The Kier molecular flexibility index (Phi) is 8.12. The number of ether oxygens (including phenoxy) is 5. The first-order valence-electron chi connectivity index (χ1n) is 18.2. The second kappa shape index (κ2) is 11.5. The highest BCUT2D eigenvalue weighted by atomic mass is 35.5. The van der Waals surface area contributed by atoms with Gasteiger partial charge in [0.2, 0.25) is 0 Å². The largest absolute Gasteiger partial charge is 0.454 e. The molecule has 5 heterocycles. The van der Waals surface area contributed by atoms with Crippen molar-refractivity contribution in [1.29, 1.82) is 0 Å². The Balaban J connectivity index is 1.38. The maximum atomic E-state index is 13.7. The van der Waals surface area contributed by atoms with E-state index >= 15 is 0 Å². The van der Waals surface area contributed by atoms with Gasteiger partial charge in [-0.3, -0.25) is 4.79 Å². The molecule has 1 aromatic rings. The number of aliphatic hydroxyl groups excluding tert-OH is 2. The average Bonchev–Trinajstić information content (AvgIpc) is 3.76. The number of carbonyl (C=O) groups is 1. The molecular weight excluding hydrogens is 668 g/mol. The van der Waals surface area contributed by atoms with Gasteiger partial charge in [0.1, 0.15) is 41.2 Å². The number of rotatable bonds is 2. The zero-order valence-corrected chi connectivity index (χ0v) is 29.7. The van der Waals surface area contributed by atoms with Crippen LogP contribution in [0.5, 0.6) is 0 Å². The summed E-state index contributed by atoms with van der Waals surface area (Å²) >= 11 is 6.43. The maximum Gasteiger partial charge on any atom is 0.313 e. The molecule has 1 aromatic carbocycles. The van der Waals surface area contributed by atoms with Crippen LogP contribution in [0.15, 0.2) is 53.1 Å². The highest BCUT2D eigenvalue weighted by molar-refractivity contribution is 6.26. The van der Waals surface area contributed by atoms with Crippen molar-refractivity contribution in [3.63, 3.8) is 0 Å². The van der Waals surface area contributed by atoms with Gasteiger partial charge >= 0.3 is 11.9 Å². The lowest BCUT2D eigenvalue weighted by Crippen LogP contribution is -2.88. The summed E-state index contributed by atoms with van der Waals surface area (Å²) < 4.78 is 33.1. The summed E-state index contributed by atoms with van der Waals surface area (Å²) in [4.78, 5) is 13.7. The Morgan fingerprint density at radius 2 is 1.62 bits per heavy atom. The zero-order chi connectivity index (χ0) is 35.6. The van der Waals surface area contributed by atoms with Crippen molar-refractivity contribution in [3.8, 4) is 0 Å². The van der Waals surface area contributed by atoms with Gasteiger partial charge in [0.15, 0.2) is 11.7 Å². The standard InChI is InChI=1S/C38H49ClO11/c1-20-12-8-5-6-9-13-21(2)31(41)46-28-23(18-39)16-25-35(28,44)32(42)34(19-40)29(47-34)26-30-37(45,33(4,43)17-20)27-22(3)36(25,26)50-38(48-27,49-30)24-14-10-7-11-15-24/h7,10-11,14-16,18,20-22,26-30,32,40,42-45H,5-6,8-9,12-13,17,19H2,1-4H3/b23-18+/t20?,21?,22-,26+,27+,28+,29+,30-,32-,33?,34+,35-,36+,37+,38?/m1/s1. The number of esters is 1. The fourth-order valence-corrected chi connectivity index (χ4v) is 10.9. The summed E-state index contributed by atoms with van der Waals surface area (Å²) in [7, 11) is 0. The fraction of sp³-hybridized carbons (Fsp3) is 0.711. The Morgan fingerprint density at radius 3 is 2.30 bits per heavy atom. The molecule has 15 atom stereocenters. The maximum absolute atomic E-state index is 13.7. The number of hydrogen-bond acceptors (Lipinski definition) is 11. The number of aliphatic hydroxyl groups is 5. The summed E-state index contributed by atoms with van der Waals surface area (Å²) in [6.45, 7) is 6.56. The first kappa shape index (κ1) is 35.1. The number of fused-ring (bicyclic) bond motifs is 1. The zero-order valence-electron chi connectivity index (χ0n) is 29.0. The van der Waals surface area contributed by atoms with Gasteiger partial charge in [0.25, 0.3) is 0 Å². The number of carbonyl (C=O) groups excluding carboxylic acids is 1. The molecule has 0 amide bonds. The van der Waals surface area contributed by atoms with Gasteiger partial charge in [-0.05, 0) is 31.8 Å². The molecule has 11 nitrogen and oxygen atoms in total. The van der Waals surface area contributed by atoms with Crippen LogP contribution in [0.25, 0.3) is 0 Å². The van der Waals surface area contributed by atoms with Crippen molar-refractivity contribution in [1.82, 2.24) is 0 Å². The minimum Gasteiger partial charge on any atom is -0.454 e. The molecule has 3 aliphatic carbocycles. The summed E-state index contributed by atoms with van der Waals surface area (Å²) in [5.74, 6) is -4.75. The van der Waals surface area contributed by atoms with Gasteiger partial charge in [-0.15, -0.1) is 0 Å². The second-order valence-electron chi connectivity index (χ2n) is 16.4. The van der Waals surface area contributed by atoms with Gasteiger partial charge in [-0.25, -0.2) is 0 Å². The molecule has 12 heteroatoms. The first-order valence-corrected chi connectivity index (χ1v) is 18.6. The quantitative estimate of drug-likeness (QED) is 0.225. The highest BCUT2D eigenvalue weighted by Gasteiger charge is 2.90. The Bertz CT molecular complexity index is 1600. The molecule has 274 valence electrons. The molecule has 5 saturated heterocycles. The van der Waals surface area contributed by atoms with Crippen molar-refractivity contribution in [2.24, 2.45) is 23.7 Å². The van der Waals surface area contributed by atoms with Gasteiger partial charge in [-0.1, -0.05) is 94.8 Å². The van der Waals surface area contributed by atoms with E-state index < -0.39 is 94.8 Å². The van der Waals surface area contributed by atoms with Crippen LogP contribution in [0.1, 0.15) is 78.2 Å². The summed E-state index contributed by atoms with van der Waals surface area (Å²) in [5, 5.41) is 62.2. The van der Waals surface area contributed by atoms with Crippen LogP contribution in [-0.4, -0.2) is 96.6 Å². The van der Waals surface area contributed by atoms with Gasteiger partial charge in [0, 0.05) is 28.2 Å². The predicted molar refractivity (Wildman–Crippen MR) is 178 cm³/mol. The van der Waals surface area contributed by atoms with Crippen LogP contribution >= 0.6 is 11.6 Å². The molecule has 50 heavy (non-hydrogen) atoms. The topological polar surface area (TPSA) is 168 Å². The van der Waals surface area contributed by atoms with E-state index in [1.165, 1.54) is 5.54 Å². The number of hydrogen-bond donors (Lipinski definition) is 5. The van der Waals surface area contributed by atoms with E-state index in [0.717, 1.165) is 32.1 Å². The summed E-state index contributed by atoms with van der Waals surface area (Å²) in [6.07, 6.45) is 0.0959. The minimum atomic E-state index is -2.39. The minimum absolute atomic E-state index is 0.0234. The third-order valence-electron chi connectivity index (χ3n) is 13.4. The molecule has 5 aliphatic heterocycles. The van der Waals surface area contributed by atoms with E-state index in [1.54, 1.807) is 44.2 Å². The Labute approximate surface area is 297 Å². The molecule has 9 rings (SSSR count). The molecule has 2 saturated carbocycles. The Hall–Kier alpha value is -1.90. The van der Waals surface area contributed by atoms with Gasteiger partial charge in [-0.2, -0.15) is 0 Å². The molecule has 7 fully saturated rings. The summed E-state index contributed by atoms with van der Waals surface area (Å²) in [5.41, 5.74) is -7.47. The monoisotopic (exact) mass is 716 g/mol. The molecule has 8 bridgehead atoms. The van der Waals surface area contributed by atoms with Crippen LogP contribution in [0.3, 0.4) is 0 Å². The molecular formula is C38H49ClO11.